The Morgan fingerprint density at radius 1 is 1.29 bits per heavy atom. The molecule has 0 bridgehead atoms. The minimum Gasteiger partial charge on any atom is -0.467 e. The molecular formula is C17H20N2O2. The second-order valence-electron chi connectivity index (χ2n) is 5.82. The van der Waals surface area contributed by atoms with Crippen LogP contribution >= 0.6 is 0 Å². The molecule has 1 aromatic carbocycles. The van der Waals surface area contributed by atoms with Crippen LogP contribution in [0.3, 0.4) is 0 Å². The Labute approximate surface area is 124 Å². The van der Waals surface area contributed by atoms with E-state index in [4.69, 9.17) is 4.42 Å². The van der Waals surface area contributed by atoms with Gasteiger partial charge >= 0.3 is 0 Å². The minimum absolute atomic E-state index is 0.0674. The topological polar surface area (TPSA) is 54.3 Å². The predicted molar refractivity (Wildman–Crippen MR) is 80.7 cm³/mol. The van der Waals surface area contributed by atoms with Crippen molar-refractivity contribution in [2.75, 3.05) is 13.1 Å². The second-order valence-corrected chi connectivity index (χ2v) is 5.82. The van der Waals surface area contributed by atoms with Gasteiger partial charge in [0.05, 0.1) is 11.7 Å². The molecule has 2 N–H and O–H groups in total. The summed E-state index contributed by atoms with van der Waals surface area (Å²) in [5.41, 5.74) is 0.676. The SMILES string of the molecule is CC1(C(=O)NC(c2ccccc2)c2ccco2)CCNC1. The Bertz CT molecular complexity index is 587. The van der Waals surface area contributed by atoms with E-state index >= 15 is 0 Å². The van der Waals surface area contributed by atoms with Crippen LogP contribution < -0.4 is 10.6 Å². The fourth-order valence-electron chi connectivity index (χ4n) is 2.74. The van der Waals surface area contributed by atoms with Crippen LogP contribution in [0.5, 0.6) is 0 Å². The van der Waals surface area contributed by atoms with E-state index in [9.17, 15) is 4.79 Å². The Morgan fingerprint density at radius 2 is 2.10 bits per heavy atom. The molecule has 2 atom stereocenters. The highest BCUT2D eigenvalue weighted by molar-refractivity contribution is 5.83. The number of hydrogen-bond acceptors (Lipinski definition) is 3. The summed E-state index contributed by atoms with van der Waals surface area (Å²) in [6.07, 6.45) is 2.49. The third-order valence-corrected chi connectivity index (χ3v) is 4.15. The van der Waals surface area contributed by atoms with Crippen LogP contribution in [0.2, 0.25) is 0 Å². The van der Waals surface area contributed by atoms with Crippen LogP contribution in [0.1, 0.15) is 30.7 Å². The minimum atomic E-state index is -0.348. The molecule has 0 radical (unpaired) electrons. The molecule has 1 aliphatic heterocycles. The number of benzene rings is 1. The van der Waals surface area contributed by atoms with Crippen LogP contribution in [-0.4, -0.2) is 19.0 Å². The normalized spacial score (nSPS) is 22.9. The Morgan fingerprint density at radius 3 is 2.71 bits per heavy atom. The van der Waals surface area contributed by atoms with E-state index in [1.165, 1.54) is 0 Å². The third kappa shape index (κ3) is 2.85. The molecule has 2 heterocycles. The van der Waals surface area contributed by atoms with E-state index in [-0.39, 0.29) is 17.4 Å². The van der Waals surface area contributed by atoms with Gasteiger partial charge in [0.2, 0.25) is 5.91 Å². The van der Waals surface area contributed by atoms with E-state index in [1.54, 1.807) is 6.26 Å². The van der Waals surface area contributed by atoms with Gasteiger partial charge in [-0.2, -0.15) is 0 Å². The smallest absolute Gasteiger partial charge is 0.228 e. The molecule has 1 amide bonds. The van der Waals surface area contributed by atoms with E-state index in [1.807, 2.05) is 49.4 Å². The van der Waals surface area contributed by atoms with Crippen molar-refractivity contribution in [2.24, 2.45) is 5.41 Å². The molecule has 0 spiro atoms. The summed E-state index contributed by atoms with van der Waals surface area (Å²) in [7, 11) is 0. The molecule has 4 nitrogen and oxygen atoms in total. The predicted octanol–water partition coefficient (Wildman–Crippen LogP) is 2.48. The molecule has 3 rings (SSSR count). The maximum atomic E-state index is 12.7. The first kappa shape index (κ1) is 13.9. The maximum Gasteiger partial charge on any atom is 0.228 e. The summed E-state index contributed by atoms with van der Waals surface area (Å²) in [6, 6.07) is 13.4. The average molecular weight is 284 g/mol. The maximum absolute atomic E-state index is 12.7. The van der Waals surface area contributed by atoms with Crippen molar-refractivity contribution in [3.05, 3.63) is 60.1 Å². The van der Waals surface area contributed by atoms with Gasteiger partial charge in [0.25, 0.3) is 0 Å². The number of hydrogen-bond donors (Lipinski definition) is 2. The number of furan rings is 1. The molecular weight excluding hydrogens is 264 g/mol. The number of rotatable bonds is 4. The number of carbonyl (C=O) groups is 1. The van der Waals surface area contributed by atoms with Gasteiger partial charge in [-0.25, -0.2) is 0 Å². The summed E-state index contributed by atoms with van der Waals surface area (Å²) in [5, 5.41) is 6.40. The lowest BCUT2D eigenvalue weighted by molar-refractivity contribution is -0.129. The third-order valence-electron chi connectivity index (χ3n) is 4.15. The van der Waals surface area contributed by atoms with Gasteiger partial charge in [-0.15, -0.1) is 0 Å². The molecule has 1 aliphatic rings. The van der Waals surface area contributed by atoms with Crippen molar-refractivity contribution in [3.63, 3.8) is 0 Å². The molecule has 1 aromatic heterocycles. The lowest BCUT2D eigenvalue weighted by Gasteiger charge is -2.25. The molecule has 1 saturated heterocycles. The molecule has 110 valence electrons. The molecule has 21 heavy (non-hydrogen) atoms. The van der Waals surface area contributed by atoms with Crippen LogP contribution in [0.25, 0.3) is 0 Å². The number of nitrogens with one attached hydrogen (secondary N) is 2. The first-order chi connectivity index (χ1) is 10.2. The summed E-state index contributed by atoms with van der Waals surface area (Å²) in [5.74, 6) is 0.821. The van der Waals surface area contributed by atoms with Gasteiger partial charge in [-0.1, -0.05) is 30.3 Å². The van der Waals surface area contributed by atoms with Crippen molar-refractivity contribution in [3.8, 4) is 0 Å². The molecule has 0 aliphatic carbocycles. The van der Waals surface area contributed by atoms with Crippen molar-refractivity contribution in [1.82, 2.24) is 10.6 Å². The van der Waals surface area contributed by atoms with Crippen LogP contribution in [-0.2, 0) is 4.79 Å². The first-order valence-corrected chi connectivity index (χ1v) is 7.29. The largest absolute Gasteiger partial charge is 0.467 e. The van der Waals surface area contributed by atoms with E-state index in [0.29, 0.717) is 0 Å². The van der Waals surface area contributed by atoms with Gasteiger partial charge < -0.3 is 15.1 Å². The molecule has 2 aromatic rings. The summed E-state index contributed by atoms with van der Waals surface area (Å²) in [6.45, 7) is 3.62. The lowest BCUT2D eigenvalue weighted by Crippen LogP contribution is -2.42. The molecule has 2 unspecified atom stereocenters. The molecule has 0 saturated carbocycles. The zero-order valence-corrected chi connectivity index (χ0v) is 12.1. The zero-order valence-electron chi connectivity index (χ0n) is 12.1. The monoisotopic (exact) mass is 284 g/mol. The summed E-state index contributed by atoms with van der Waals surface area (Å²) < 4.78 is 5.52. The summed E-state index contributed by atoms with van der Waals surface area (Å²) in [4.78, 5) is 12.7. The highest BCUT2D eigenvalue weighted by Gasteiger charge is 2.37. The van der Waals surface area contributed by atoms with E-state index in [0.717, 1.165) is 30.8 Å². The Balaban J connectivity index is 1.85. The average Bonchev–Trinajstić information content (AvgIpc) is 3.17. The summed E-state index contributed by atoms with van der Waals surface area (Å²) >= 11 is 0. The van der Waals surface area contributed by atoms with Crippen molar-refractivity contribution in [1.29, 1.82) is 0 Å². The van der Waals surface area contributed by atoms with Crippen molar-refractivity contribution < 1.29 is 9.21 Å². The van der Waals surface area contributed by atoms with Crippen LogP contribution in [0.4, 0.5) is 0 Å². The second kappa shape index (κ2) is 5.74. The van der Waals surface area contributed by atoms with Gasteiger partial charge in [-0.3, -0.25) is 4.79 Å². The van der Waals surface area contributed by atoms with Gasteiger partial charge in [0, 0.05) is 6.54 Å². The van der Waals surface area contributed by atoms with E-state index < -0.39 is 0 Å². The quantitative estimate of drug-likeness (QED) is 0.907. The van der Waals surface area contributed by atoms with Gasteiger partial charge in [0.1, 0.15) is 11.8 Å². The van der Waals surface area contributed by atoms with Crippen molar-refractivity contribution >= 4 is 5.91 Å². The fourth-order valence-corrected chi connectivity index (χ4v) is 2.74. The van der Waals surface area contributed by atoms with Crippen LogP contribution in [0.15, 0.2) is 53.1 Å². The fraction of sp³-hybridized carbons (Fsp3) is 0.353. The highest BCUT2D eigenvalue weighted by atomic mass is 16.3. The van der Waals surface area contributed by atoms with Crippen LogP contribution in [0, 0.1) is 5.41 Å². The number of carbonyl (C=O) groups excluding carboxylic acids is 1. The first-order valence-electron chi connectivity index (χ1n) is 7.29. The van der Waals surface area contributed by atoms with Crippen molar-refractivity contribution in [2.45, 2.75) is 19.4 Å². The standard InChI is InChI=1S/C17H20N2O2/c1-17(9-10-18-12-17)16(20)19-15(14-8-5-11-21-14)13-6-3-2-4-7-13/h2-8,11,15,18H,9-10,12H2,1H3,(H,19,20). The molecule has 4 heteroatoms. The lowest BCUT2D eigenvalue weighted by atomic mass is 9.88. The Hall–Kier alpha value is -2.07. The highest BCUT2D eigenvalue weighted by Crippen LogP contribution is 2.28. The number of amides is 1. The Kier molecular flexibility index (Phi) is 3.80. The zero-order chi connectivity index (χ0) is 14.7. The molecule has 1 fully saturated rings. The van der Waals surface area contributed by atoms with Gasteiger partial charge in [-0.05, 0) is 37.6 Å². The van der Waals surface area contributed by atoms with E-state index in [2.05, 4.69) is 10.6 Å². The van der Waals surface area contributed by atoms with Gasteiger partial charge in [0.15, 0.2) is 0 Å².